The highest BCUT2D eigenvalue weighted by Crippen LogP contribution is 2.25. The smallest absolute Gasteiger partial charge is 0.330 e. The molecule has 0 aromatic carbocycles. The number of nitrogens with zero attached hydrogens (tertiary/aromatic N) is 2. The zero-order valence-electron chi connectivity index (χ0n) is 21.6. The zero-order valence-corrected chi connectivity index (χ0v) is 21.6. The molecule has 9 nitrogen and oxygen atoms in total. The molecule has 2 N–H and O–H groups in total. The van der Waals surface area contributed by atoms with Gasteiger partial charge >= 0.3 is 5.69 Å². The monoisotopic (exact) mass is 468 g/mol. The SMILES string of the molecule is CCC(OCC(=O)NCCN(C)C)C(OC(C)C(C)CCC(C)C)n1cc(C)c(=O)[nH]c1=O. The number of carbonyl (C=O) groups excluding carboxylic acids is 1. The summed E-state index contributed by atoms with van der Waals surface area (Å²) in [6.45, 7) is 13.2. The van der Waals surface area contributed by atoms with Gasteiger partial charge in [0.2, 0.25) is 5.91 Å². The summed E-state index contributed by atoms with van der Waals surface area (Å²) in [4.78, 5) is 41.1. The van der Waals surface area contributed by atoms with E-state index in [2.05, 4.69) is 31.1 Å². The molecule has 33 heavy (non-hydrogen) atoms. The van der Waals surface area contributed by atoms with Gasteiger partial charge in [0.25, 0.3) is 5.56 Å². The molecule has 1 aromatic heterocycles. The minimum absolute atomic E-state index is 0.139. The van der Waals surface area contributed by atoms with E-state index in [9.17, 15) is 14.4 Å². The summed E-state index contributed by atoms with van der Waals surface area (Å²) >= 11 is 0. The third-order valence-electron chi connectivity index (χ3n) is 5.80. The number of hydrogen-bond donors (Lipinski definition) is 2. The van der Waals surface area contributed by atoms with Crippen molar-refractivity contribution >= 4 is 5.91 Å². The molecule has 0 aliphatic heterocycles. The minimum Gasteiger partial charge on any atom is -0.364 e. The van der Waals surface area contributed by atoms with Crippen LogP contribution in [0.25, 0.3) is 0 Å². The third kappa shape index (κ3) is 10.2. The highest BCUT2D eigenvalue weighted by atomic mass is 16.6. The third-order valence-corrected chi connectivity index (χ3v) is 5.80. The van der Waals surface area contributed by atoms with Gasteiger partial charge in [-0.05, 0) is 52.6 Å². The molecule has 190 valence electrons. The standard InChI is InChI=1S/C24H44N4O5/c1-9-20(32-15-21(29)25-12-13-27(7)8)23(28-14-18(5)22(30)26-24(28)31)33-19(6)17(4)11-10-16(2)3/h14,16-17,19-20,23H,9-13,15H2,1-8H3,(H,25,29)(H,26,30,31). The Morgan fingerprint density at radius 3 is 2.42 bits per heavy atom. The molecular formula is C24H44N4O5. The van der Waals surface area contributed by atoms with Crippen LogP contribution in [0.1, 0.15) is 65.7 Å². The molecule has 1 amide bonds. The number of aromatic amines is 1. The second-order valence-corrected chi connectivity index (χ2v) is 9.57. The summed E-state index contributed by atoms with van der Waals surface area (Å²) in [5.41, 5.74) is -0.585. The van der Waals surface area contributed by atoms with Gasteiger partial charge in [0.15, 0.2) is 6.23 Å². The summed E-state index contributed by atoms with van der Waals surface area (Å²) in [5, 5.41) is 2.82. The molecule has 0 aliphatic rings. The summed E-state index contributed by atoms with van der Waals surface area (Å²) in [5.74, 6) is 0.636. The maximum Gasteiger partial charge on any atom is 0.330 e. The fourth-order valence-corrected chi connectivity index (χ4v) is 3.35. The van der Waals surface area contributed by atoms with E-state index in [4.69, 9.17) is 9.47 Å². The van der Waals surface area contributed by atoms with Gasteiger partial charge in [-0.15, -0.1) is 0 Å². The van der Waals surface area contributed by atoms with Crippen LogP contribution in [0.3, 0.4) is 0 Å². The van der Waals surface area contributed by atoms with E-state index in [1.807, 2.05) is 32.8 Å². The van der Waals surface area contributed by atoms with E-state index in [0.717, 1.165) is 19.4 Å². The first-order valence-electron chi connectivity index (χ1n) is 12.0. The van der Waals surface area contributed by atoms with Crippen molar-refractivity contribution < 1.29 is 14.3 Å². The lowest BCUT2D eigenvalue weighted by Crippen LogP contribution is -2.42. The summed E-state index contributed by atoms with van der Waals surface area (Å²) in [6, 6.07) is 0. The van der Waals surface area contributed by atoms with E-state index in [0.29, 0.717) is 24.4 Å². The molecule has 0 aliphatic carbocycles. The number of ether oxygens (including phenoxy) is 2. The number of H-pyrrole nitrogens is 1. The lowest BCUT2D eigenvalue weighted by atomic mass is 9.95. The second-order valence-electron chi connectivity index (χ2n) is 9.57. The van der Waals surface area contributed by atoms with Crippen LogP contribution in [0.5, 0.6) is 0 Å². The molecule has 0 fully saturated rings. The van der Waals surface area contributed by atoms with Crippen LogP contribution in [-0.2, 0) is 14.3 Å². The average Bonchev–Trinajstić information content (AvgIpc) is 2.73. The predicted octanol–water partition coefficient (Wildman–Crippen LogP) is 2.29. The van der Waals surface area contributed by atoms with Crippen molar-refractivity contribution in [3.8, 4) is 0 Å². The van der Waals surface area contributed by atoms with Gasteiger partial charge in [-0.25, -0.2) is 4.79 Å². The van der Waals surface area contributed by atoms with Crippen LogP contribution in [0.4, 0.5) is 0 Å². The van der Waals surface area contributed by atoms with E-state index in [1.54, 1.807) is 6.92 Å². The number of hydrogen-bond acceptors (Lipinski definition) is 6. The quantitative estimate of drug-likeness (QED) is 0.409. The normalized spacial score (nSPS) is 15.5. The van der Waals surface area contributed by atoms with E-state index in [-0.39, 0.29) is 24.5 Å². The van der Waals surface area contributed by atoms with Crippen molar-refractivity contribution in [1.82, 2.24) is 19.8 Å². The molecule has 9 heteroatoms. The Balaban J connectivity index is 3.05. The number of aryl methyl sites for hydroxylation is 1. The van der Waals surface area contributed by atoms with Crippen molar-refractivity contribution in [3.05, 3.63) is 32.6 Å². The summed E-state index contributed by atoms with van der Waals surface area (Å²) in [6.07, 6.45) is 2.62. The second kappa shape index (κ2) is 14.3. The fourth-order valence-electron chi connectivity index (χ4n) is 3.35. The van der Waals surface area contributed by atoms with Crippen LogP contribution in [0.2, 0.25) is 0 Å². The number of carbonyl (C=O) groups is 1. The highest BCUT2D eigenvalue weighted by molar-refractivity contribution is 5.77. The largest absolute Gasteiger partial charge is 0.364 e. The first-order valence-corrected chi connectivity index (χ1v) is 12.0. The van der Waals surface area contributed by atoms with Crippen LogP contribution >= 0.6 is 0 Å². The van der Waals surface area contributed by atoms with Gasteiger partial charge in [0.1, 0.15) is 12.7 Å². The van der Waals surface area contributed by atoms with Gasteiger partial charge < -0.3 is 19.7 Å². The van der Waals surface area contributed by atoms with Crippen molar-refractivity contribution in [3.63, 3.8) is 0 Å². The summed E-state index contributed by atoms with van der Waals surface area (Å²) < 4.78 is 13.7. The Hall–Kier alpha value is -1.97. The lowest BCUT2D eigenvalue weighted by Gasteiger charge is -2.32. The Morgan fingerprint density at radius 2 is 1.85 bits per heavy atom. The Bertz CT molecular complexity index is 833. The minimum atomic E-state index is -0.774. The van der Waals surface area contributed by atoms with Crippen LogP contribution < -0.4 is 16.6 Å². The van der Waals surface area contributed by atoms with Crippen LogP contribution in [0, 0.1) is 18.8 Å². The Kier molecular flexibility index (Phi) is 12.6. The van der Waals surface area contributed by atoms with E-state index in [1.165, 1.54) is 10.8 Å². The van der Waals surface area contributed by atoms with Gasteiger partial charge in [-0.2, -0.15) is 0 Å². The molecule has 4 atom stereocenters. The fraction of sp³-hybridized carbons (Fsp3) is 0.792. The van der Waals surface area contributed by atoms with E-state index >= 15 is 0 Å². The van der Waals surface area contributed by atoms with Gasteiger partial charge in [0, 0.05) is 24.8 Å². The number of amides is 1. The van der Waals surface area contributed by atoms with Crippen molar-refractivity contribution in [1.29, 1.82) is 0 Å². The van der Waals surface area contributed by atoms with Crippen LogP contribution in [0.15, 0.2) is 15.8 Å². The topological polar surface area (TPSA) is 106 Å². The lowest BCUT2D eigenvalue weighted by molar-refractivity contribution is -0.156. The molecule has 1 rings (SSSR count). The average molecular weight is 469 g/mol. The van der Waals surface area contributed by atoms with Crippen LogP contribution in [-0.4, -0.2) is 66.4 Å². The number of likely N-dealkylation sites (N-methyl/N-ethyl adjacent to an activating group) is 1. The van der Waals surface area contributed by atoms with Gasteiger partial charge in [-0.3, -0.25) is 19.1 Å². The Morgan fingerprint density at radius 1 is 1.18 bits per heavy atom. The number of rotatable bonds is 15. The number of nitrogens with one attached hydrogen (secondary N) is 2. The predicted molar refractivity (Wildman–Crippen MR) is 130 cm³/mol. The molecule has 1 heterocycles. The highest BCUT2D eigenvalue weighted by Gasteiger charge is 2.29. The number of aromatic nitrogens is 2. The maximum atomic E-state index is 12.7. The molecule has 1 aromatic rings. The first kappa shape index (κ1) is 29.1. The maximum absolute atomic E-state index is 12.7. The molecule has 4 unspecified atom stereocenters. The molecule has 0 radical (unpaired) electrons. The van der Waals surface area contributed by atoms with Crippen molar-refractivity contribution in [2.24, 2.45) is 11.8 Å². The summed E-state index contributed by atoms with van der Waals surface area (Å²) in [7, 11) is 3.87. The van der Waals surface area contributed by atoms with Gasteiger partial charge in [-0.1, -0.05) is 34.1 Å². The molecule has 0 saturated carbocycles. The molecule has 0 bridgehead atoms. The van der Waals surface area contributed by atoms with Crippen molar-refractivity contribution in [2.75, 3.05) is 33.8 Å². The van der Waals surface area contributed by atoms with E-state index < -0.39 is 23.6 Å². The van der Waals surface area contributed by atoms with Gasteiger partial charge in [0.05, 0.1) is 6.10 Å². The Labute approximate surface area is 197 Å². The molecule has 0 spiro atoms. The molecular weight excluding hydrogens is 424 g/mol. The first-order chi connectivity index (χ1) is 15.5. The molecule has 0 saturated heterocycles. The zero-order chi connectivity index (χ0) is 25.1. The van der Waals surface area contributed by atoms with Crippen molar-refractivity contribution in [2.45, 2.75) is 79.2 Å².